The smallest absolute Gasteiger partial charge is 0.295 e. The summed E-state index contributed by atoms with van der Waals surface area (Å²) in [5.41, 5.74) is 4.57. The van der Waals surface area contributed by atoms with Crippen molar-refractivity contribution >= 4 is 22.6 Å². The Hall–Kier alpha value is -4.85. The lowest BCUT2D eigenvalue weighted by atomic mass is 10.0. The lowest BCUT2D eigenvalue weighted by Gasteiger charge is -2.13. The third kappa shape index (κ3) is 4.77. The van der Waals surface area contributed by atoms with Crippen LogP contribution in [0.25, 0.3) is 28.0 Å². The van der Waals surface area contributed by atoms with Gasteiger partial charge in [-0.3, -0.25) is 19.1 Å². The van der Waals surface area contributed by atoms with Crippen LogP contribution >= 0.6 is 0 Å². The molecule has 0 fully saturated rings. The number of benzene rings is 3. The second-order valence-corrected chi connectivity index (χ2v) is 9.69. The zero-order valence-corrected chi connectivity index (χ0v) is 22.5. The van der Waals surface area contributed by atoms with Crippen molar-refractivity contribution in [1.82, 2.24) is 9.36 Å². The Morgan fingerprint density at radius 1 is 0.923 bits per heavy atom. The molecule has 0 aliphatic rings. The average Bonchev–Trinajstić information content (AvgIpc) is 3.12. The number of hydrogen-bond donors (Lipinski definition) is 1. The van der Waals surface area contributed by atoms with Gasteiger partial charge in [0, 0.05) is 12.6 Å². The maximum Gasteiger partial charge on any atom is 0.295 e. The Morgan fingerprint density at radius 3 is 2.31 bits per heavy atom. The largest absolute Gasteiger partial charge is 0.476 e. The fourth-order valence-corrected chi connectivity index (χ4v) is 4.68. The molecule has 0 radical (unpaired) electrons. The zero-order valence-electron chi connectivity index (χ0n) is 22.5. The van der Waals surface area contributed by atoms with E-state index in [1.807, 2.05) is 81.4 Å². The van der Waals surface area contributed by atoms with Gasteiger partial charge in [-0.2, -0.15) is 0 Å². The summed E-state index contributed by atoms with van der Waals surface area (Å²) in [6.45, 7) is 7.01. The predicted octanol–water partition coefficient (Wildman–Crippen LogP) is 5.20. The van der Waals surface area contributed by atoms with Crippen molar-refractivity contribution in [2.24, 2.45) is 7.05 Å². The molecule has 0 bridgehead atoms. The molecular formula is C31H29N3O5. The number of ether oxygens (including phenoxy) is 1. The molecule has 2 heterocycles. The van der Waals surface area contributed by atoms with Crippen molar-refractivity contribution < 1.29 is 13.9 Å². The molecule has 39 heavy (non-hydrogen) atoms. The van der Waals surface area contributed by atoms with Crippen molar-refractivity contribution in [1.29, 1.82) is 0 Å². The van der Waals surface area contributed by atoms with Gasteiger partial charge in [0.2, 0.25) is 11.2 Å². The SMILES string of the molecule is Cc1ccc(-c2oc3c(C)cc(C)cc3c(=O)c2OCC(=O)Nc2c(C)n(C)n(-c3ccccc3)c2=O)cc1. The number of para-hydroxylation sites is 1. The fourth-order valence-electron chi connectivity index (χ4n) is 4.68. The van der Waals surface area contributed by atoms with Gasteiger partial charge in [-0.15, -0.1) is 0 Å². The van der Waals surface area contributed by atoms with Gasteiger partial charge in [0.05, 0.1) is 16.8 Å². The first kappa shape index (κ1) is 25.8. The molecule has 0 unspecified atom stereocenters. The number of carbonyl (C=O) groups is 1. The van der Waals surface area contributed by atoms with Crippen LogP contribution in [0.3, 0.4) is 0 Å². The van der Waals surface area contributed by atoms with E-state index in [-0.39, 0.29) is 28.2 Å². The number of rotatable bonds is 6. The Balaban J connectivity index is 1.49. The summed E-state index contributed by atoms with van der Waals surface area (Å²) in [5, 5.41) is 3.05. The minimum absolute atomic E-state index is 0.0574. The summed E-state index contributed by atoms with van der Waals surface area (Å²) in [7, 11) is 1.74. The maximum absolute atomic E-state index is 13.6. The van der Waals surface area contributed by atoms with Crippen LogP contribution in [-0.4, -0.2) is 21.9 Å². The quantitative estimate of drug-likeness (QED) is 0.330. The summed E-state index contributed by atoms with van der Waals surface area (Å²) in [6.07, 6.45) is 0. The number of aryl methyl sites for hydroxylation is 3. The van der Waals surface area contributed by atoms with E-state index >= 15 is 0 Å². The van der Waals surface area contributed by atoms with E-state index < -0.39 is 12.5 Å². The van der Waals surface area contributed by atoms with Gasteiger partial charge in [-0.1, -0.05) is 54.1 Å². The van der Waals surface area contributed by atoms with E-state index in [0.29, 0.717) is 27.9 Å². The number of nitrogens with one attached hydrogen (secondary N) is 1. The van der Waals surface area contributed by atoms with E-state index in [0.717, 1.165) is 16.7 Å². The number of aromatic nitrogens is 2. The molecule has 0 aliphatic heterocycles. The van der Waals surface area contributed by atoms with Crippen LogP contribution in [-0.2, 0) is 11.8 Å². The number of carbonyl (C=O) groups excluding carboxylic acids is 1. The summed E-state index contributed by atoms with van der Waals surface area (Å²) in [4.78, 5) is 39.8. The molecule has 0 saturated heterocycles. The highest BCUT2D eigenvalue weighted by atomic mass is 16.5. The maximum atomic E-state index is 13.6. The van der Waals surface area contributed by atoms with E-state index in [2.05, 4.69) is 5.32 Å². The molecule has 8 nitrogen and oxygen atoms in total. The van der Waals surface area contributed by atoms with Gasteiger partial charge in [0.15, 0.2) is 12.4 Å². The third-order valence-electron chi connectivity index (χ3n) is 6.76. The Morgan fingerprint density at radius 2 is 1.62 bits per heavy atom. The van der Waals surface area contributed by atoms with Gasteiger partial charge >= 0.3 is 0 Å². The molecule has 0 spiro atoms. The molecular weight excluding hydrogens is 494 g/mol. The normalized spacial score (nSPS) is 11.1. The number of anilines is 1. The van der Waals surface area contributed by atoms with Crippen LogP contribution in [0, 0.1) is 27.7 Å². The Labute approximate surface area is 225 Å². The average molecular weight is 524 g/mol. The van der Waals surface area contributed by atoms with Crippen molar-refractivity contribution in [2.75, 3.05) is 11.9 Å². The molecule has 5 aromatic rings. The van der Waals surface area contributed by atoms with Gasteiger partial charge in [0.25, 0.3) is 11.5 Å². The summed E-state index contributed by atoms with van der Waals surface area (Å²) >= 11 is 0. The van der Waals surface area contributed by atoms with E-state index in [4.69, 9.17) is 9.15 Å². The van der Waals surface area contributed by atoms with E-state index in [1.165, 1.54) is 4.68 Å². The summed E-state index contributed by atoms with van der Waals surface area (Å²) < 4.78 is 15.2. The fraction of sp³-hybridized carbons (Fsp3) is 0.194. The van der Waals surface area contributed by atoms with E-state index in [9.17, 15) is 14.4 Å². The monoisotopic (exact) mass is 523 g/mol. The molecule has 1 N–H and O–H groups in total. The lowest BCUT2D eigenvalue weighted by molar-refractivity contribution is -0.118. The van der Waals surface area contributed by atoms with Crippen LogP contribution in [0.5, 0.6) is 5.75 Å². The molecule has 8 heteroatoms. The van der Waals surface area contributed by atoms with Crippen LogP contribution in [0.2, 0.25) is 0 Å². The summed E-state index contributed by atoms with van der Waals surface area (Å²) in [6, 6.07) is 20.4. The van der Waals surface area contributed by atoms with Gasteiger partial charge < -0.3 is 14.5 Å². The zero-order chi connectivity index (χ0) is 27.8. The second kappa shape index (κ2) is 10.1. The molecule has 1 amide bonds. The van der Waals surface area contributed by atoms with Crippen molar-refractivity contribution in [3.63, 3.8) is 0 Å². The minimum Gasteiger partial charge on any atom is -0.476 e. The third-order valence-corrected chi connectivity index (χ3v) is 6.76. The second-order valence-electron chi connectivity index (χ2n) is 9.69. The lowest BCUT2D eigenvalue weighted by Crippen LogP contribution is -2.26. The minimum atomic E-state index is -0.573. The molecule has 0 saturated carbocycles. The number of nitrogens with zero attached hydrogens (tertiary/aromatic N) is 2. The van der Waals surface area contributed by atoms with Crippen molar-refractivity contribution in [2.45, 2.75) is 27.7 Å². The topological polar surface area (TPSA) is 95.5 Å². The number of hydrogen-bond acceptors (Lipinski definition) is 5. The van der Waals surface area contributed by atoms with Gasteiger partial charge in [-0.25, -0.2) is 4.68 Å². The molecule has 2 aromatic heterocycles. The first-order valence-electron chi connectivity index (χ1n) is 12.6. The first-order valence-corrected chi connectivity index (χ1v) is 12.6. The number of amides is 1. The molecule has 0 aliphatic carbocycles. The highest BCUT2D eigenvalue weighted by Crippen LogP contribution is 2.32. The molecule has 3 aromatic carbocycles. The molecule has 198 valence electrons. The van der Waals surface area contributed by atoms with Crippen LogP contribution in [0.1, 0.15) is 22.4 Å². The van der Waals surface area contributed by atoms with Crippen molar-refractivity contribution in [3.05, 3.63) is 110 Å². The number of fused-ring (bicyclic) bond motifs is 1. The highest BCUT2D eigenvalue weighted by molar-refractivity contribution is 5.92. The molecule has 5 rings (SSSR count). The predicted molar refractivity (Wildman–Crippen MR) is 152 cm³/mol. The van der Waals surface area contributed by atoms with Crippen molar-refractivity contribution in [3.8, 4) is 22.8 Å². The Kier molecular flexibility index (Phi) is 6.70. The van der Waals surface area contributed by atoms with Crippen LogP contribution in [0.4, 0.5) is 5.69 Å². The van der Waals surface area contributed by atoms with Crippen LogP contribution < -0.4 is 21.0 Å². The Bertz CT molecular complexity index is 1830. The molecule has 0 atom stereocenters. The standard InChI is InChI=1S/C31H29N3O5/c1-18-11-13-22(14-12-18)29-30(27(36)24-16-19(2)15-20(3)28(24)39-29)38-17-25(35)32-26-21(4)33(5)34(31(26)37)23-9-7-6-8-10-23/h6-16H,17H2,1-5H3,(H,32,35). The van der Waals surface area contributed by atoms with Gasteiger partial charge in [0.1, 0.15) is 11.3 Å². The van der Waals surface area contributed by atoms with Crippen LogP contribution in [0.15, 0.2) is 80.7 Å². The van der Waals surface area contributed by atoms with Gasteiger partial charge in [-0.05, 0) is 57.0 Å². The first-order chi connectivity index (χ1) is 18.7. The highest BCUT2D eigenvalue weighted by Gasteiger charge is 2.22. The van der Waals surface area contributed by atoms with E-state index in [1.54, 1.807) is 24.7 Å². The summed E-state index contributed by atoms with van der Waals surface area (Å²) in [5.74, 6) is -0.386.